The molecule has 0 unspecified atom stereocenters. The fourth-order valence-electron chi connectivity index (χ4n) is 2.22. The fourth-order valence-corrected chi connectivity index (χ4v) is 2.71. The van der Waals surface area contributed by atoms with Gasteiger partial charge in [0.15, 0.2) is 30.8 Å². The summed E-state index contributed by atoms with van der Waals surface area (Å²) in [6.07, 6.45) is 5.62. The molecular formula is C15H21N2O3P+2. The molecule has 0 aromatic carbocycles. The van der Waals surface area contributed by atoms with E-state index in [4.69, 9.17) is 9.79 Å². The lowest BCUT2D eigenvalue weighted by molar-refractivity contribution is -0.699. The van der Waals surface area contributed by atoms with Crippen molar-refractivity contribution in [1.29, 1.82) is 0 Å². The number of pyridine rings is 2. The molecule has 21 heavy (non-hydrogen) atoms. The van der Waals surface area contributed by atoms with Crippen molar-refractivity contribution in [3.8, 4) is 11.1 Å². The van der Waals surface area contributed by atoms with Gasteiger partial charge in [0.05, 0.1) is 0 Å². The first-order valence-corrected chi connectivity index (χ1v) is 8.73. The zero-order valence-electron chi connectivity index (χ0n) is 12.3. The highest BCUT2D eigenvalue weighted by Gasteiger charge is 2.16. The summed E-state index contributed by atoms with van der Waals surface area (Å²) in [5, 5.41) is 0. The fraction of sp³-hybridized carbons (Fsp3) is 0.333. The van der Waals surface area contributed by atoms with E-state index in [1.54, 1.807) is 4.57 Å². The molecule has 0 bridgehead atoms. The van der Waals surface area contributed by atoms with Crippen LogP contribution in [0, 0.1) is 6.92 Å². The van der Waals surface area contributed by atoms with Crippen LogP contribution >= 0.6 is 7.60 Å². The lowest BCUT2D eigenvalue weighted by atomic mass is 10.1. The van der Waals surface area contributed by atoms with Crippen molar-refractivity contribution in [3.05, 3.63) is 48.5 Å². The van der Waals surface area contributed by atoms with Crippen molar-refractivity contribution in [1.82, 2.24) is 0 Å². The molecule has 0 spiro atoms. The first-order chi connectivity index (χ1) is 9.89. The van der Waals surface area contributed by atoms with Crippen molar-refractivity contribution in [2.24, 2.45) is 0 Å². The van der Waals surface area contributed by atoms with Gasteiger partial charge in [0, 0.05) is 31.2 Å². The Bertz CT molecular complexity index is 665. The van der Waals surface area contributed by atoms with E-state index in [0.29, 0.717) is 6.54 Å². The van der Waals surface area contributed by atoms with E-state index in [9.17, 15) is 4.57 Å². The molecule has 0 radical (unpaired) electrons. The first-order valence-electron chi connectivity index (χ1n) is 6.93. The summed E-state index contributed by atoms with van der Waals surface area (Å²) in [4.78, 5) is 17.8. The predicted octanol–water partition coefficient (Wildman–Crippen LogP) is 1.43. The molecule has 0 amide bonds. The van der Waals surface area contributed by atoms with E-state index in [1.165, 1.54) is 5.69 Å². The van der Waals surface area contributed by atoms with Crippen LogP contribution in [0.1, 0.15) is 12.6 Å². The monoisotopic (exact) mass is 308 g/mol. The second-order valence-electron chi connectivity index (χ2n) is 5.06. The average Bonchev–Trinajstić information content (AvgIpc) is 2.45. The average molecular weight is 308 g/mol. The Kier molecular flexibility index (Phi) is 4.88. The van der Waals surface area contributed by atoms with E-state index >= 15 is 0 Å². The van der Waals surface area contributed by atoms with Crippen molar-refractivity contribution in [2.75, 3.05) is 6.16 Å². The maximum absolute atomic E-state index is 10.9. The zero-order valence-corrected chi connectivity index (χ0v) is 13.2. The molecule has 2 aromatic rings. The van der Waals surface area contributed by atoms with Gasteiger partial charge in [0.1, 0.15) is 12.7 Å². The number of nitrogens with zero attached hydrogens (tertiary/aromatic N) is 2. The van der Waals surface area contributed by atoms with Gasteiger partial charge in [-0.2, -0.15) is 0 Å². The van der Waals surface area contributed by atoms with Crippen LogP contribution in [-0.4, -0.2) is 15.9 Å². The summed E-state index contributed by atoms with van der Waals surface area (Å²) in [5.41, 5.74) is 3.43. The second-order valence-corrected chi connectivity index (χ2v) is 6.83. The molecule has 0 aliphatic heterocycles. The van der Waals surface area contributed by atoms with Gasteiger partial charge in [0.2, 0.25) is 0 Å². The van der Waals surface area contributed by atoms with Gasteiger partial charge >= 0.3 is 7.60 Å². The highest BCUT2D eigenvalue weighted by Crippen LogP contribution is 2.33. The van der Waals surface area contributed by atoms with Crippen LogP contribution in [-0.2, 0) is 17.7 Å². The largest absolute Gasteiger partial charge is 0.331 e. The number of rotatable bonds is 5. The Balaban J connectivity index is 2.15. The van der Waals surface area contributed by atoms with Crippen molar-refractivity contribution in [2.45, 2.75) is 26.9 Å². The van der Waals surface area contributed by atoms with Crippen LogP contribution < -0.4 is 9.13 Å². The molecule has 0 saturated heterocycles. The lowest BCUT2D eigenvalue weighted by Crippen LogP contribution is -2.35. The van der Waals surface area contributed by atoms with E-state index < -0.39 is 7.60 Å². The summed E-state index contributed by atoms with van der Waals surface area (Å²) >= 11 is 0. The summed E-state index contributed by atoms with van der Waals surface area (Å²) in [6, 6.07) is 8.14. The minimum Gasteiger partial charge on any atom is -0.324 e. The Labute approximate surface area is 124 Å². The molecule has 6 heteroatoms. The molecule has 0 aliphatic rings. The van der Waals surface area contributed by atoms with Gasteiger partial charge in [-0.25, -0.2) is 9.13 Å². The SMILES string of the molecule is CC[n+]1ccc(-c2cc[n+](CCP(=O)(O)O)cc2)cc1C. The molecule has 2 aromatic heterocycles. The quantitative estimate of drug-likeness (QED) is 0.649. The lowest BCUT2D eigenvalue weighted by Gasteiger charge is -2.04. The maximum Gasteiger partial charge on any atom is 0.331 e. The topological polar surface area (TPSA) is 65.3 Å². The van der Waals surface area contributed by atoms with Gasteiger partial charge in [-0.15, -0.1) is 0 Å². The van der Waals surface area contributed by atoms with Crippen LogP contribution in [0.4, 0.5) is 0 Å². The maximum atomic E-state index is 10.9. The second kappa shape index (κ2) is 6.48. The van der Waals surface area contributed by atoms with E-state index in [-0.39, 0.29) is 6.16 Å². The zero-order chi connectivity index (χ0) is 15.5. The Hall–Kier alpha value is -1.55. The smallest absolute Gasteiger partial charge is 0.324 e. The predicted molar refractivity (Wildman–Crippen MR) is 79.6 cm³/mol. The molecule has 112 valence electrons. The molecule has 2 heterocycles. The van der Waals surface area contributed by atoms with Gasteiger partial charge < -0.3 is 9.79 Å². The third kappa shape index (κ3) is 4.46. The third-order valence-corrected chi connectivity index (χ3v) is 4.25. The van der Waals surface area contributed by atoms with Crippen LogP contribution in [0.3, 0.4) is 0 Å². The van der Waals surface area contributed by atoms with Gasteiger partial charge in [-0.05, 0) is 18.1 Å². The standard InChI is InChI=1S/C15H19N2O3P/c1-3-17-9-6-15(12-13(17)2)14-4-7-16(8-5-14)10-11-21(18,19)20/h4-9,12H,3,10-11H2,1-2H3/p+2. The van der Waals surface area contributed by atoms with Crippen molar-refractivity contribution in [3.63, 3.8) is 0 Å². The Morgan fingerprint density at radius 2 is 1.71 bits per heavy atom. The minimum atomic E-state index is -3.94. The number of aromatic nitrogens is 2. The molecule has 0 saturated carbocycles. The summed E-state index contributed by atoms with van der Waals surface area (Å²) < 4.78 is 14.8. The number of hydrogen-bond acceptors (Lipinski definition) is 1. The van der Waals surface area contributed by atoms with E-state index in [1.807, 2.05) is 24.5 Å². The summed E-state index contributed by atoms with van der Waals surface area (Å²) in [6.45, 7) is 5.45. The van der Waals surface area contributed by atoms with Gasteiger partial charge in [0.25, 0.3) is 0 Å². The van der Waals surface area contributed by atoms with Gasteiger partial charge in [-0.3, -0.25) is 4.57 Å². The van der Waals surface area contributed by atoms with Crippen molar-refractivity contribution >= 4 is 7.60 Å². The molecule has 0 atom stereocenters. The van der Waals surface area contributed by atoms with Gasteiger partial charge in [-0.1, -0.05) is 0 Å². The van der Waals surface area contributed by atoms with Crippen LogP contribution in [0.25, 0.3) is 11.1 Å². The molecule has 5 nitrogen and oxygen atoms in total. The highest BCUT2D eigenvalue weighted by atomic mass is 31.2. The molecule has 2 N–H and O–H groups in total. The number of hydrogen-bond donors (Lipinski definition) is 2. The first kappa shape index (κ1) is 15.8. The summed E-state index contributed by atoms with van der Waals surface area (Å²) in [5.74, 6) is 0. The summed E-state index contributed by atoms with van der Waals surface area (Å²) in [7, 11) is -3.94. The molecule has 0 fully saturated rings. The number of aryl methyl sites for hydroxylation is 3. The molecule has 2 rings (SSSR count). The minimum absolute atomic E-state index is 0.141. The Morgan fingerprint density at radius 3 is 2.24 bits per heavy atom. The molecular weight excluding hydrogens is 287 g/mol. The normalized spacial score (nSPS) is 11.6. The van der Waals surface area contributed by atoms with Crippen LogP contribution in [0.15, 0.2) is 42.9 Å². The molecule has 0 aliphatic carbocycles. The highest BCUT2D eigenvalue weighted by molar-refractivity contribution is 7.51. The third-order valence-electron chi connectivity index (χ3n) is 3.47. The van der Waals surface area contributed by atoms with Crippen molar-refractivity contribution < 1.29 is 23.5 Å². The van der Waals surface area contributed by atoms with Crippen LogP contribution in [0.2, 0.25) is 0 Å². The Morgan fingerprint density at radius 1 is 1.10 bits per heavy atom. The van der Waals surface area contributed by atoms with E-state index in [2.05, 4.69) is 36.7 Å². The van der Waals surface area contributed by atoms with E-state index in [0.717, 1.165) is 17.7 Å². The van der Waals surface area contributed by atoms with Crippen LogP contribution in [0.5, 0.6) is 0 Å².